The first-order chi connectivity index (χ1) is 16.0. The van der Waals surface area contributed by atoms with Gasteiger partial charge in [-0.2, -0.15) is 0 Å². The second-order valence-electron chi connectivity index (χ2n) is 7.65. The maximum absolute atomic E-state index is 12.8. The van der Waals surface area contributed by atoms with Crippen LogP contribution in [0.2, 0.25) is 5.02 Å². The Hall–Kier alpha value is -3.30. The van der Waals surface area contributed by atoms with E-state index in [9.17, 15) is 14.4 Å². The summed E-state index contributed by atoms with van der Waals surface area (Å²) in [6.07, 6.45) is 1.13. The van der Waals surface area contributed by atoms with Crippen molar-refractivity contribution in [3.8, 4) is 0 Å². The highest BCUT2D eigenvalue weighted by Gasteiger charge is 2.29. The molecule has 1 aliphatic heterocycles. The van der Waals surface area contributed by atoms with E-state index in [0.29, 0.717) is 43.2 Å². The third-order valence-corrected chi connectivity index (χ3v) is 6.49. The Morgan fingerprint density at radius 2 is 1.73 bits per heavy atom. The molecule has 2 N–H and O–H groups in total. The van der Waals surface area contributed by atoms with E-state index in [1.54, 1.807) is 23.1 Å². The van der Waals surface area contributed by atoms with Gasteiger partial charge >= 0.3 is 0 Å². The number of aromatic nitrogens is 2. The fraction of sp³-hybridized carbons (Fsp3) is 0.261. The van der Waals surface area contributed by atoms with Crippen molar-refractivity contribution in [2.24, 2.45) is 5.92 Å². The van der Waals surface area contributed by atoms with Crippen molar-refractivity contribution >= 4 is 46.3 Å². The number of anilines is 1. The lowest BCUT2D eigenvalue weighted by Crippen LogP contribution is -2.42. The first kappa shape index (κ1) is 22.9. The molecule has 8 nitrogen and oxygen atoms in total. The third-order valence-electron chi connectivity index (χ3n) is 5.34. The van der Waals surface area contributed by atoms with E-state index < -0.39 is 5.91 Å². The summed E-state index contributed by atoms with van der Waals surface area (Å²) < 4.78 is 0. The predicted octanol–water partition coefficient (Wildman–Crippen LogP) is 3.61. The largest absolute Gasteiger partial charge is 0.352 e. The molecule has 1 aromatic heterocycles. The Bertz CT molecular complexity index is 1150. The molecule has 0 atom stereocenters. The SMILES string of the molecule is O=C(Nc1ccccc1)c1nnc(C(=O)N2CCC(C(=O)NCc3cccc(Cl)c3)CC2)s1. The maximum atomic E-state index is 12.8. The summed E-state index contributed by atoms with van der Waals surface area (Å²) in [4.78, 5) is 39.3. The van der Waals surface area contributed by atoms with E-state index in [1.165, 1.54) is 0 Å². The van der Waals surface area contributed by atoms with Crippen LogP contribution in [-0.2, 0) is 11.3 Å². The van der Waals surface area contributed by atoms with Gasteiger partial charge in [0.1, 0.15) is 0 Å². The molecule has 170 valence electrons. The van der Waals surface area contributed by atoms with E-state index in [-0.39, 0.29) is 27.7 Å². The summed E-state index contributed by atoms with van der Waals surface area (Å²) in [5.41, 5.74) is 1.58. The van der Waals surface area contributed by atoms with E-state index >= 15 is 0 Å². The van der Waals surface area contributed by atoms with Gasteiger partial charge in [0.15, 0.2) is 0 Å². The standard InChI is InChI=1S/C23H22ClN5O3S/c24-17-6-4-5-15(13-17)14-25-19(30)16-9-11-29(12-10-16)23(32)22-28-27-21(33-22)20(31)26-18-7-2-1-3-8-18/h1-8,13,16H,9-12,14H2,(H,25,30)(H,26,31). The van der Waals surface area contributed by atoms with Gasteiger partial charge in [-0.05, 0) is 42.7 Å². The highest BCUT2D eigenvalue weighted by Crippen LogP contribution is 2.21. The van der Waals surface area contributed by atoms with Crippen molar-refractivity contribution in [3.63, 3.8) is 0 Å². The summed E-state index contributed by atoms with van der Waals surface area (Å²) in [6.45, 7) is 1.30. The van der Waals surface area contributed by atoms with Crippen molar-refractivity contribution in [3.05, 3.63) is 75.2 Å². The Labute approximate surface area is 200 Å². The Balaban J connectivity index is 1.27. The zero-order chi connectivity index (χ0) is 23.2. The number of likely N-dealkylation sites (tertiary alicyclic amines) is 1. The second-order valence-corrected chi connectivity index (χ2v) is 9.06. The summed E-state index contributed by atoms with van der Waals surface area (Å²) >= 11 is 6.94. The number of para-hydroxylation sites is 1. The van der Waals surface area contributed by atoms with Crippen molar-refractivity contribution in [1.29, 1.82) is 0 Å². The molecule has 2 heterocycles. The van der Waals surface area contributed by atoms with Crippen LogP contribution >= 0.6 is 22.9 Å². The topological polar surface area (TPSA) is 104 Å². The fourth-order valence-electron chi connectivity index (χ4n) is 3.57. The lowest BCUT2D eigenvalue weighted by atomic mass is 9.96. The number of carbonyl (C=O) groups excluding carboxylic acids is 3. The Kier molecular flexibility index (Phi) is 7.31. The van der Waals surface area contributed by atoms with Crippen LogP contribution in [0, 0.1) is 5.92 Å². The number of nitrogens with zero attached hydrogens (tertiary/aromatic N) is 3. The molecule has 1 saturated heterocycles. The predicted molar refractivity (Wildman–Crippen MR) is 126 cm³/mol. The zero-order valence-electron chi connectivity index (χ0n) is 17.7. The molecular formula is C23H22ClN5O3S. The number of halogens is 1. The third kappa shape index (κ3) is 5.94. The molecule has 1 aliphatic rings. The monoisotopic (exact) mass is 483 g/mol. The van der Waals surface area contributed by atoms with Crippen LogP contribution in [0.25, 0.3) is 0 Å². The van der Waals surface area contributed by atoms with Crippen LogP contribution in [0.4, 0.5) is 5.69 Å². The van der Waals surface area contributed by atoms with Gasteiger partial charge in [-0.25, -0.2) is 0 Å². The normalized spacial score (nSPS) is 14.0. The summed E-state index contributed by atoms with van der Waals surface area (Å²) in [5, 5.41) is 14.4. The van der Waals surface area contributed by atoms with Gasteiger partial charge in [-0.15, -0.1) is 10.2 Å². The first-order valence-corrected chi connectivity index (χ1v) is 11.7. The van der Waals surface area contributed by atoms with Gasteiger partial charge in [-0.3, -0.25) is 14.4 Å². The first-order valence-electron chi connectivity index (χ1n) is 10.5. The quantitative estimate of drug-likeness (QED) is 0.557. The highest BCUT2D eigenvalue weighted by molar-refractivity contribution is 7.15. The van der Waals surface area contributed by atoms with Crippen molar-refractivity contribution in [2.75, 3.05) is 18.4 Å². The molecule has 0 unspecified atom stereocenters. The summed E-state index contributed by atoms with van der Waals surface area (Å²) in [7, 11) is 0. The fourth-order valence-corrected chi connectivity index (χ4v) is 4.49. The molecule has 1 fully saturated rings. The molecule has 33 heavy (non-hydrogen) atoms. The minimum absolute atomic E-state index is 0.0298. The lowest BCUT2D eigenvalue weighted by Gasteiger charge is -2.30. The molecule has 0 saturated carbocycles. The summed E-state index contributed by atoms with van der Waals surface area (Å²) in [5.74, 6) is -0.871. The minimum Gasteiger partial charge on any atom is -0.352 e. The van der Waals surface area contributed by atoms with Gasteiger partial charge in [0.2, 0.25) is 15.9 Å². The van der Waals surface area contributed by atoms with Crippen LogP contribution in [0.3, 0.4) is 0 Å². The van der Waals surface area contributed by atoms with Crippen molar-refractivity contribution < 1.29 is 14.4 Å². The number of rotatable bonds is 6. The van der Waals surface area contributed by atoms with Gasteiger partial charge in [-0.1, -0.05) is 53.3 Å². The minimum atomic E-state index is -0.409. The Morgan fingerprint density at radius 3 is 2.45 bits per heavy atom. The molecule has 0 spiro atoms. The van der Waals surface area contributed by atoms with Crippen molar-refractivity contribution in [1.82, 2.24) is 20.4 Å². The van der Waals surface area contributed by atoms with Gasteiger partial charge in [0, 0.05) is 36.3 Å². The number of benzene rings is 2. The van der Waals surface area contributed by atoms with Gasteiger partial charge in [0.25, 0.3) is 11.8 Å². The van der Waals surface area contributed by atoms with Crippen LogP contribution < -0.4 is 10.6 Å². The lowest BCUT2D eigenvalue weighted by molar-refractivity contribution is -0.126. The molecule has 3 aromatic rings. The van der Waals surface area contributed by atoms with E-state index in [4.69, 9.17) is 11.6 Å². The number of amides is 3. The van der Waals surface area contributed by atoms with Crippen LogP contribution in [0.5, 0.6) is 0 Å². The van der Waals surface area contributed by atoms with Crippen LogP contribution in [0.1, 0.15) is 38.0 Å². The number of piperidine rings is 1. The molecule has 3 amide bonds. The average Bonchev–Trinajstić information content (AvgIpc) is 3.33. The molecule has 0 radical (unpaired) electrons. The smallest absolute Gasteiger partial charge is 0.286 e. The molecule has 2 aromatic carbocycles. The molecule has 0 aliphatic carbocycles. The second kappa shape index (κ2) is 10.5. The van der Waals surface area contributed by atoms with E-state index in [1.807, 2.05) is 36.4 Å². The average molecular weight is 484 g/mol. The molecule has 0 bridgehead atoms. The number of carbonyl (C=O) groups is 3. The maximum Gasteiger partial charge on any atom is 0.286 e. The molecule has 4 rings (SSSR count). The molecular weight excluding hydrogens is 462 g/mol. The number of hydrogen-bond donors (Lipinski definition) is 2. The van der Waals surface area contributed by atoms with Gasteiger partial charge in [0.05, 0.1) is 0 Å². The molecule has 10 heteroatoms. The zero-order valence-corrected chi connectivity index (χ0v) is 19.2. The van der Waals surface area contributed by atoms with E-state index in [0.717, 1.165) is 16.9 Å². The van der Waals surface area contributed by atoms with Gasteiger partial charge < -0.3 is 15.5 Å². The van der Waals surface area contributed by atoms with Crippen LogP contribution in [-0.4, -0.2) is 45.9 Å². The number of nitrogens with one attached hydrogen (secondary N) is 2. The summed E-state index contributed by atoms with van der Waals surface area (Å²) in [6, 6.07) is 16.4. The Morgan fingerprint density at radius 1 is 1.00 bits per heavy atom. The number of hydrogen-bond acceptors (Lipinski definition) is 6. The van der Waals surface area contributed by atoms with Crippen molar-refractivity contribution in [2.45, 2.75) is 19.4 Å². The van der Waals surface area contributed by atoms with E-state index in [2.05, 4.69) is 20.8 Å². The highest BCUT2D eigenvalue weighted by atomic mass is 35.5. The van der Waals surface area contributed by atoms with Crippen LogP contribution in [0.15, 0.2) is 54.6 Å².